The summed E-state index contributed by atoms with van der Waals surface area (Å²) in [6.07, 6.45) is 0. The summed E-state index contributed by atoms with van der Waals surface area (Å²) in [6, 6.07) is 50.8. The smallest absolute Gasteiger partial charge is 0.00203 e. The third kappa shape index (κ3) is 2.59. The summed E-state index contributed by atoms with van der Waals surface area (Å²) < 4.78 is 0. The zero-order valence-corrected chi connectivity index (χ0v) is 22.7. The van der Waals surface area contributed by atoms with E-state index in [4.69, 9.17) is 0 Å². The van der Waals surface area contributed by atoms with Crippen molar-refractivity contribution in [1.82, 2.24) is 0 Å². The van der Waals surface area contributed by atoms with Crippen LogP contribution in [-0.2, 0) is 0 Å². The molecule has 0 aliphatic carbocycles. The first-order valence-electron chi connectivity index (χ1n) is 14.7. The molecular weight excluding hydrogens is 504 g/mol. The van der Waals surface area contributed by atoms with Crippen LogP contribution in [0.3, 0.4) is 0 Å². The van der Waals surface area contributed by atoms with Gasteiger partial charge in [0.2, 0.25) is 0 Å². The molecule has 0 aliphatic rings. The quantitative estimate of drug-likeness (QED) is 0.136. The Morgan fingerprint density at radius 3 is 0.976 bits per heavy atom. The van der Waals surface area contributed by atoms with Crippen molar-refractivity contribution in [3.63, 3.8) is 0 Å². The summed E-state index contributed by atoms with van der Waals surface area (Å²) >= 11 is 0. The van der Waals surface area contributed by atoms with Crippen molar-refractivity contribution >= 4 is 108 Å². The maximum Gasteiger partial charge on any atom is -0.00203 e. The molecule has 0 unspecified atom stereocenters. The van der Waals surface area contributed by atoms with Crippen molar-refractivity contribution in [2.24, 2.45) is 0 Å². The Morgan fingerprint density at radius 1 is 0.190 bits per heavy atom. The molecule has 190 valence electrons. The molecule has 0 heterocycles. The molecule has 0 fully saturated rings. The molecule has 0 aromatic heterocycles. The molecule has 0 amide bonds. The lowest BCUT2D eigenvalue weighted by Gasteiger charge is -2.15. The van der Waals surface area contributed by atoms with Gasteiger partial charge in [-0.05, 0) is 156 Å². The van der Waals surface area contributed by atoms with Gasteiger partial charge in [0.25, 0.3) is 0 Å². The molecule has 11 aromatic rings. The van der Waals surface area contributed by atoms with Crippen molar-refractivity contribution in [1.29, 1.82) is 0 Å². The molecule has 0 atom stereocenters. The zero-order chi connectivity index (χ0) is 27.1. The van der Waals surface area contributed by atoms with Crippen LogP contribution in [-0.4, -0.2) is 0 Å². The normalized spacial score (nSPS) is 12.8. The minimum absolute atomic E-state index is 1.29. The SMILES string of the molecule is c1cc2ccc3cc4cc5cc6cc7c(cc6cc5cc4c4ccc(c1)c2c34)cc1ccc2cccc3ccc7c1c23. The van der Waals surface area contributed by atoms with Crippen molar-refractivity contribution in [2.75, 3.05) is 0 Å². The second-order valence-electron chi connectivity index (χ2n) is 12.2. The molecular formula is C42H22. The Bertz CT molecular complexity index is 2710. The molecule has 0 N–H and O–H groups in total. The summed E-state index contributed by atoms with van der Waals surface area (Å²) in [7, 11) is 0. The summed E-state index contributed by atoms with van der Waals surface area (Å²) in [6.45, 7) is 0. The molecule has 0 saturated carbocycles. The highest BCUT2D eigenvalue weighted by atomic mass is 14.2. The number of rotatable bonds is 0. The van der Waals surface area contributed by atoms with Crippen LogP contribution in [0.15, 0.2) is 133 Å². The van der Waals surface area contributed by atoms with E-state index >= 15 is 0 Å². The fraction of sp³-hybridized carbons (Fsp3) is 0. The average molecular weight is 527 g/mol. The van der Waals surface area contributed by atoms with Crippen LogP contribution in [0.2, 0.25) is 0 Å². The first-order valence-corrected chi connectivity index (χ1v) is 14.7. The summed E-state index contributed by atoms with van der Waals surface area (Å²) in [5.41, 5.74) is 0. The lowest BCUT2D eigenvalue weighted by molar-refractivity contribution is 1.80. The highest BCUT2D eigenvalue weighted by molar-refractivity contribution is 6.31. The van der Waals surface area contributed by atoms with Gasteiger partial charge in [0, 0.05) is 0 Å². The highest BCUT2D eigenvalue weighted by Gasteiger charge is 2.14. The number of fused-ring (bicyclic) bond motifs is 6. The van der Waals surface area contributed by atoms with E-state index in [0.29, 0.717) is 0 Å². The first-order chi connectivity index (χ1) is 20.8. The van der Waals surface area contributed by atoms with Gasteiger partial charge in [-0.1, -0.05) is 84.9 Å². The van der Waals surface area contributed by atoms with Gasteiger partial charge in [0.15, 0.2) is 0 Å². The molecule has 0 bridgehead atoms. The van der Waals surface area contributed by atoms with Crippen molar-refractivity contribution in [3.05, 3.63) is 133 Å². The molecule has 0 aliphatic heterocycles. The van der Waals surface area contributed by atoms with Gasteiger partial charge < -0.3 is 0 Å². The lowest BCUT2D eigenvalue weighted by atomic mass is 9.88. The van der Waals surface area contributed by atoms with E-state index in [-0.39, 0.29) is 0 Å². The maximum atomic E-state index is 2.42. The van der Waals surface area contributed by atoms with Crippen molar-refractivity contribution in [3.8, 4) is 0 Å². The third-order valence-corrected chi connectivity index (χ3v) is 9.95. The van der Waals surface area contributed by atoms with Gasteiger partial charge in [-0.2, -0.15) is 0 Å². The second kappa shape index (κ2) is 7.24. The summed E-state index contributed by atoms with van der Waals surface area (Å²) in [5, 5.41) is 26.5. The van der Waals surface area contributed by atoms with E-state index in [1.165, 1.54) is 108 Å². The van der Waals surface area contributed by atoms with E-state index in [0.717, 1.165) is 0 Å². The highest BCUT2D eigenvalue weighted by Crippen LogP contribution is 2.42. The van der Waals surface area contributed by atoms with Gasteiger partial charge in [0.05, 0.1) is 0 Å². The number of hydrogen-bond donors (Lipinski definition) is 0. The van der Waals surface area contributed by atoms with E-state index in [1.54, 1.807) is 0 Å². The molecule has 0 radical (unpaired) electrons. The van der Waals surface area contributed by atoms with Crippen LogP contribution in [0.5, 0.6) is 0 Å². The Labute approximate surface area is 240 Å². The van der Waals surface area contributed by atoms with Crippen LogP contribution in [0.4, 0.5) is 0 Å². The molecule has 0 spiro atoms. The van der Waals surface area contributed by atoms with E-state index in [9.17, 15) is 0 Å². The van der Waals surface area contributed by atoms with Crippen LogP contribution in [0.25, 0.3) is 108 Å². The Morgan fingerprint density at radius 2 is 0.524 bits per heavy atom. The van der Waals surface area contributed by atoms with Gasteiger partial charge in [0.1, 0.15) is 0 Å². The fourth-order valence-electron chi connectivity index (χ4n) is 8.08. The van der Waals surface area contributed by atoms with Crippen LogP contribution in [0.1, 0.15) is 0 Å². The second-order valence-corrected chi connectivity index (χ2v) is 12.2. The monoisotopic (exact) mass is 526 g/mol. The van der Waals surface area contributed by atoms with Crippen LogP contribution >= 0.6 is 0 Å². The largest absolute Gasteiger partial charge is 0.0610 e. The predicted molar refractivity (Wildman–Crippen MR) is 184 cm³/mol. The standard InChI is InChI=1S/C42H22/c1-3-23-7-9-27-15-33-19-29-18-32-22-38-34(16-28-10-8-24-4-2-6-26-12-14-36(38)42(28)40(24)26)20-30(32)17-31(29)21-37(33)35-13-11-25(5-1)39(23)41(27)35/h1-22H. The maximum absolute atomic E-state index is 2.42. The first kappa shape index (κ1) is 21.3. The minimum Gasteiger partial charge on any atom is -0.0610 e. The molecule has 11 aromatic carbocycles. The lowest BCUT2D eigenvalue weighted by Crippen LogP contribution is -1.87. The molecule has 11 rings (SSSR count). The molecule has 0 saturated heterocycles. The zero-order valence-electron chi connectivity index (χ0n) is 22.7. The van der Waals surface area contributed by atoms with Gasteiger partial charge in [-0.25, -0.2) is 0 Å². The minimum atomic E-state index is 1.29. The van der Waals surface area contributed by atoms with Crippen molar-refractivity contribution < 1.29 is 0 Å². The Hall–Kier alpha value is -5.46. The Balaban J connectivity index is 1.24. The van der Waals surface area contributed by atoms with E-state index in [2.05, 4.69) is 133 Å². The average Bonchev–Trinajstić information content (AvgIpc) is 3.03. The van der Waals surface area contributed by atoms with Gasteiger partial charge in [-0.3, -0.25) is 0 Å². The van der Waals surface area contributed by atoms with Gasteiger partial charge in [-0.15, -0.1) is 0 Å². The topological polar surface area (TPSA) is 0 Å². The van der Waals surface area contributed by atoms with Crippen molar-refractivity contribution in [2.45, 2.75) is 0 Å². The van der Waals surface area contributed by atoms with Crippen LogP contribution < -0.4 is 0 Å². The van der Waals surface area contributed by atoms with Gasteiger partial charge >= 0.3 is 0 Å². The molecule has 0 nitrogen and oxygen atoms in total. The number of benzene rings is 11. The van der Waals surface area contributed by atoms with Crippen LogP contribution in [0, 0.1) is 0 Å². The molecule has 42 heavy (non-hydrogen) atoms. The van der Waals surface area contributed by atoms with E-state index < -0.39 is 0 Å². The predicted octanol–water partition coefficient (Wildman–Crippen LogP) is 12.1. The Kier molecular flexibility index (Phi) is 3.67. The fourth-order valence-corrected chi connectivity index (χ4v) is 8.08. The third-order valence-electron chi connectivity index (χ3n) is 9.95. The summed E-state index contributed by atoms with van der Waals surface area (Å²) in [4.78, 5) is 0. The molecule has 0 heteroatoms. The summed E-state index contributed by atoms with van der Waals surface area (Å²) in [5.74, 6) is 0. The number of hydrogen-bond acceptors (Lipinski definition) is 0. The van der Waals surface area contributed by atoms with E-state index in [1.807, 2.05) is 0 Å².